The summed E-state index contributed by atoms with van der Waals surface area (Å²) in [6.45, 7) is 8.98. The molecule has 0 amide bonds. The number of hydrogen-bond donors (Lipinski definition) is 0. The summed E-state index contributed by atoms with van der Waals surface area (Å²) in [5, 5.41) is 0. The molecule has 2 aromatic rings. The maximum atomic E-state index is 11.6. The lowest BCUT2D eigenvalue weighted by molar-refractivity contribution is 0.220. The van der Waals surface area contributed by atoms with E-state index in [1.54, 1.807) is 30.5 Å². The van der Waals surface area contributed by atoms with Crippen LogP contribution in [-0.2, 0) is 9.84 Å². The molecular formula is C22H28N2O3S. The van der Waals surface area contributed by atoms with E-state index in [-0.39, 0.29) is 0 Å². The number of hydrogen-bond acceptors (Lipinski definition) is 5. The second kappa shape index (κ2) is 7.48. The van der Waals surface area contributed by atoms with E-state index in [0.29, 0.717) is 10.8 Å². The van der Waals surface area contributed by atoms with Crippen LogP contribution < -0.4 is 4.74 Å². The fraction of sp³-hybridized carbons (Fsp3) is 0.500. The molecule has 28 heavy (non-hydrogen) atoms. The zero-order chi connectivity index (χ0) is 19.9. The van der Waals surface area contributed by atoms with E-state index < -0.39 is 9.84 Å². The quantitative estimate of drug-likeness (QED) is 0.713. The maximum absolute atomic E-state index is 11.6. The van der Waals surface area contributed by atoms with Crippen LogP contribution in [0.25, 0.3) is 11.3 Å². The minimum absolute atomic E-state index is 0.318. The molecule has 5 nitrogen and oxygen atoms in total. The van der Waals surface area contributed by atoms with E-state index in [0.717, 1.165) is 41.4 Å². The van der Waals surface area contributed by atoms with Gasteiger partial charge in [-0.25, -0.2) is 8.42 Å². The number of rotatable bonds is 7. The molecular weight excluding hydrogens is 372 g/mol. The summed E-state index contributed by atoms with van der Waals surface area (Å²) in [6.07, 6.45) is 2.96. The Bertz CT molecular complexity index is 911. The van der Waals surface area contributed by atoms with Gasteiger partial charge in [-0.1, -0.05) is 26.0 Å². The summed E-state index contributed by atoms with van der Waals surface area (Å²) in [4.78, 5) is 7.38. The number of ether oxygens (including phenoxy) is 1. The monoisotopic (exact) mass is 400 g/mol. The van der Waals surface area contributed by atoms with Gasteiger partial charge in [0.2, 0.25) is 0 Å². The Morgan fingerprint density at radius 3 is 2.32 bits per heavy atom. The van der Waals surface area contributed by atoms with Gasteiger partial charge in [0.1, 0.15) is 5.75 Å². The standard InChI is InChI=1S/C22H28N2O3S/c1-15(2)11-24-12-19-20(13-24)21(19)14-27-17-6-9-22(23-10-17)16-4-7-18(8-5-16)28(3,25)26/h4-10,15,19-21H,11-14H2,1-3H3. The Morgan fingerprint density at radius 2 is 1.79 bits per heavy atom. The van der Waals surface area contributed by atoms with E-state index in [2.05, 4.69) is 23.7 Å². The van der Waals surface area contributed by atoms with Gasteiger partial charge < -0.3 is 9.64 Å². The Labute approximate surface area is 167 Å². The Hall–Kier alpha value is -1.92. The van der Waals surface area contributed by atoms with Crippen molar-refractivity contribution in [3.63, 3.8) is 0 Å². The summed E-state index contributed by atoms with van der Waals surface area (Å²) >= 11 is 0. The van der Waals surface area contributed by atoms with E-state index in [1.807, 2.05) is 12.1 Å². The predicted molar refractivity (Wildman–Crippen MR) is 110 cm³/mol. The molecule has 1 aromatic carbocycles. The van der Waals surface area contributed by atoms with Crippen molar-refractivity contribution < 1.29 is 13.2 Å². The molecule has 1 saturated heterocycles. The minimum atomic E-state index is -3.18. The maximum Gasteiger partial charge on any atom is 0.175 e. The Balaban J connectivity index is 1.29. The normalized spacial score (nSPS) is 24.4. The van der Waals surface area contributed by atoms with E-state index in [4.69, 9.17) is 4.74 Å². The molecule has 2 unspecified atom stereocenters. The molecule has 2 aliphatic rings. The van der Waals surface area contributed by atoms with Crippen molar-refractivity contribution in [2.45, 2.75) is 18.7 Å². The molecule has 2 heterocycles. The van der Waals surface area contributed by atoms with Crippen molar-refractivity contribution in [3.8, 4) is 17.0 Å². The fourth-order valence-electron chi connectivity index (χ4n) is 4.35. The lowest BCUT2D eigenvalue weighted by Crippen LogP contribution is -2.29. The third-order valence-electron chi connectivity index (χ3n) is 5.83. The number of piperidine rings is 1. The zero-order valence-electron chi connectivity index (χ0n) is 16.7. The molecule has 1 aliphatic carbocycles. The van der Waals surface area contributed by atoms with Crippen molar-refractivity contribution in [2.24, 2.45) is 23.7 Å². The number of benzene rings is 1. The van der Waals surface area contributed by atoms with Crippen molar-refractivity contribution >= 4 is 9.84 Å². The molecule has 2 fully saturated rings. The number of pyridine rings is 1. The van der Waals surface area contributed by atoms with Crippen LogP contribution in [-0.4, -0.2) is 50.8 Å². The molecule has 0 spiro atoms. The number of sulfone groups is 1. The average Bonchev–Trinajstić information content (AvgIpc) is 3.10. The highest BCUT2D eigenvalue weighted by Gasteiger charge is 2.55. The molecule has 150 valence electrons. The van der Waals surface area contributed by atoms with Gasteiger partial charge in [-0.05, 0) is 42.0 Å². The summed E-state index contributed by atoms with van der Waals surface area (Å²) in [6, 6.07) is 10.7. The number of aromatic nitrogens is 1. The van der Waals surface area contributed by atoms with Crippen molar-refractivity contribution in [1.82, 2.24) is 9.88 Å². The predicted octanol–water partition coefficient (Wildman–Crippen LogP) is 3.36. The Morgan fingerprint density at radius 1 is 1.11 bits per heavy atom. The van der Waals surface area contributed by atoms with Gasteiger partial charge in [-0.3, -0.25) is 4.98 Å². The van der Waals surface area contributed by atoms with Gasteiger partial charge in [-0.2, -0.15) is 0 Å². The molecule has 6 heteroatoms. The largest absolute Gasteiger partial charge is 0.492 e. The molecule has 0 N–H and O–H groups in total. The smallest absolute Gasteiger partial charge is 0.175 e. The second-order valence-corrected chi connectivity index (χ2v) is 10.6. The first-order chi connectivity index (χ1) is 13.3. The van der Waals surface area contributed by atoms with Gasteiger partial charge in [0.05, 0.1) is 23.4 Å². The highest BCUT2D eigenvalue weighted by molar-refractivity contribution is 7.90. The second-order valence-electron chi connectivity index (χ2n) is 8.59. The van der Waals surface area contributed by atoms with E-state index in [1.165, 1.54) is 25.9 Å². The fourth-order valence-corrected chi connectivity index (χ4v) is 4.98. The number of nitrogens with zero attached hydrogens (tertiary/aromatic N) is 2. The summed E-state index contributed by atoms with van der Waals surface area (Å²) in [5.41, 5.74) is 1.70. The van der Waals surface area contributed by atoms with Gasteiger partial charge in [-0.15, -0.1) is 0 Å². The number of fused-ring (bicyclic) bond motifs is 1. The summed E-state index contributed by atoms with van der Waals surface area (Å²) in [5.74, 6) is 3.82. The molecule has 1 aromatic heterocycles. The summed E-state index contributed by atoms with van der Waals surface area (Å²) in [7, 11) is -3.18. The van der Waals surface area contributed by atoms with E-state index >= 15 is 0 Å². The van der Waals surface area contributed by atoms with Gasteiger partial charge in [0.25, 0.3) is 0 Å². The van der Waals surface area contributed by atoms with Crippen LogP contribution in [0.2, 0.25) is 0 Å². The molecule has 0 radical (unpaired) electrons. The van der Waals surface area contributed by atoms with Crippen molar-refractivity contribution in [1.29, 1.82) is 0 Å². The third-order valence-corrected chi connectivity index (χ3v) is 6.96. The Kier molecular flexibility index (Phi) is 5.19. The molecule has 0 bridgehead atoms. The van der Waals surface area contributed by atoms with Gasteiger partial charge in [0, 0.05) is 37.4 Å². The van der Waals surface area contributed by atoms with Crippen LogP contribution in [0, 0.1) is 23.7 Å². The first-order valence-corrected chi connectivity index (χ1v) is 11.8. The molecule has 2 atom stereocenters. The third kappa shape index (κ3) is 4.23. The SMILES string of the molecule is CC(C)CN1CC2C(COc3ccc(-c4ccc(S(C)(=O)=O)cc4)nc3)C2C1. The number of likely N-dealkylation sites (tertiary alicyclic amines) is 1. The average molecular weight is 401 g/mol. The summed E-state index contributed by atoms with van der Waals surface area (Å²) < 4.78 is 29.1. The highest BCUT2D eigenvalue weighted by Crippen LogP contribution is 2.51. The van der Waals surface area contributed by atoms with Crippen LogP contribution in [0.1, 0.15) is 13.8 Å². The van der Waals surface area contributed by atoms with E-state index in [9.17, 15) is 8.42 Å². The lowest BCUT2D eigenvalue weighted by atomic mass is 10.1. The highest BCUT2D eigenvalue weighted by atomic mass is 32.2. The lowest BCUT2D eigenvalue weighted by Gasteiger charge is -2.21. The topological polar surface area (TPSA) is 59.5 Å². The van der Waals surface area contributed by atoms with Crippen LogP contribution >= 0.6 is 0 Å². The minimum Gasteiger partial charge on any atom is -0.492 e. The van der Waals surface area contributed by atoms with Crippen LogP contribution in [0.4, 0.5) is 0 Å². The molecule has 4 rings (SSSR count). The van der Waals surface area contributed by atoms with Crippen molar-refractivity contribution in [2.75, 3.05) is 32.5 Å². The molecule has 1 aliphatic heterocycles. The molecule has 1 saturated carbocycles. The first kappa shape index (κ1) is 19.4. The van der Waals surface area contributed by atoms with Crippen LogP contribution in [0.5, 0.6) is 5.75 Å². The van der Waals surface area contributed by atoms with Crippen molar-refractivity contribution in [3.05, 3.63) is 42.6 Å². The van der Waals surface area contributed by atoms with Gasteiger partial charge >= 0.3 is 0 Å². The van der Waals surface area contributed by atoms with Crippen LogP contribution in [0.15, 0.2) is 47.5 Å². The van der Waals surface area contributed by atoms with Gasteiger partial charge in [0.15, 0.2) is 9.84 Å². The first-order valence-electron chi connectivity index (χ1n) is 9.93. The zero-order valence-corrected chi connectivity index (χ0v) is 17.5. The van der Waals surface area contributed by atoms with Crippen LogP contribution in [0.3, 0.4) is 0 Å².